The molecule has 0 unspecified atom stereocenters. The molecule has 2 rings (SSSR count). The van der Waals surface area contributed by atoms with Gasteiger partial charge < -0.3 is 0 Å². The van der Waals surface area contributed by atoms with E-state index in [4.69, 9.17) is 0 Å². The minimum atomic E-state index is -3.72. The van der Waals surface area contributed by atoms with Crippen LogP contribution in [0.5, 0.6) is 0 Å². The molecule has 9 heteroatoms. The largest absolute Gasteiger partial charge is 0.284 e. The number of nitro benzene ring substituents is 1. The van der Waals surface area contributed by atoms with Crippen molar-refractivity contribution in [3.8, 4) is 0 Å². The number of rotatable bonds is 5. The number of nitro groups is 1. The fourth-order valence-corrected chi connectivity index (χ4v) is 3.18. The minimum Gasteiger partial charge on any atom is -0.265 e. The summed E-state index contributed by atoms with van der Waals surface area (Å²) in [4.78, 5) is 15.4. The van der Waals surface area contributed by atoms with E-state index in [0.717, 1.165) is 11.0 Å². The fraction of sp³-hybridized carbons (Fsp3) is 0.0833. The highest BCUT2D eigenvalue weighted by molar-refractivity contribution is 7.99. The van der Waals surface area contributed by atoms with Crippen LogP contribution in [0.1, 0.15) is 0 Å². The normalized spacial score (nSPS) is 11.3. The van der Waals surface area contributed by atoms with E-state index in [2.05, 4.69) is 9.71 Å². The predicted octanol–water partition coefficient (Wildman–Crippen LogP) is 2.05. The Balaban J connectivity index is 2.46. The highest BCUT2D eigenvalue weighted by Crippen LogP contribution is 2.35. The first kappa shape index (κ1) is 15.4. The van der Waals surface area contributed by atoms with E-state index >= 15 is 0 Å². The van der Waals surface area contributed by atoms with E-state index in [1.807, 2.05) is 0 Å². The van der Waals surface area contributed by atoms with Gasteiger partial charge in [-0.25, -0.2) is 13.1 Å². The number of hydrogen-bond donors (Lipinski definition) is 1. The first-order chi connectivity index (χ1) is 9.94. The van der Waals surface area contributed by atoms with Gasteiger partial charge in [0.2, 0.25) is 10.0 Å². The van der Waals surface area contributed by atoms with Gasteiger partial charge in [-0.3, -0.25) is 15.1 Å². The van der Waals surface area contributed by atoms with Crippen molar-refractivity contribution in [1.82, 2.24) is 9.71 Å². The van der Waals surface area contributed by atoms with E-state index in [0.29, 0.717) is 4.90 Å². The zero-order chi connectivity index (χ0) is 15.5. The van der Waals surface area contributed by atoms with Gasteiger partial charge in [-0.15, -0.1) is 0 Å². The van der Waals surface area contributed by atoms with Gasteiger partial charge in [-0.2, -0.15) is 0 Å². The third-order valence-corrected chi connectivity index (χ3v) is 5.07. The van der Waals surface area contributed by atoms with Crippen LogP contribution in [0.15, 0.2) is 57.4 Å². The summed E-state index contributed by atoms with van der Waals surface area (Å²) in [6.45, 7) is 0. The molecular formula is C12H11N3O4S2. The Morgan fingerprint density at radius 3 is 2.48 bits per heavy atom. The van der Waals surface area contributed by atoms with Crippen LogP contribution in [0.4, 0.5) is 5.69 Å². The van der Waals surface area contributed by atoms with Crippen molar-refractivity contribution in [2.45, 2.75) is 14.7 Å². The topological polar surface area (TPSA) is 102 Å². The molecule has 1 aromatic heterocycles. The summed E-state index contributed by atoms with van der Waals surface area (Å²) in [5.41, 5.74) is -0.256. The minimum absolute atomic E-state index is 0.143. The summed E-state index contributed by atoms with van der Waals surface area (Å²) >= 11 is 1.17. The molecule has 0 spiro atoms. The molecule has 0 atom stereocenters. The maximum absolute atomic E-state index is 11.7. The van der Waals surface area contributed by atoms with Crippen molar-refractivity contribution in [2.75, 3.05) is 7.05 Å². The van der Waals surface area contributed by atoms with E-state index in [1.54, 1.807) is 24.5 Å². The second kappa shape index (κ2) is 6.20. The third kappa shape index (κ3) is 3.57. The number of sulfonamides is 1. The summed E-state index contributed by atoms with van der Waals surface area (Å²) in [5.74, 6) is 0. The Kier molecular flexibility index (Phi) is 4.56. The Morgan fingerprint density at radius 2 is 1.90 bits per heavy atom. The molecule has 1 aromatic carbocycles. The monoisotopic (exact) mass is 325 g/mol. The molecular weight excluding hydrogens is 314 g/mol. The van der Waals surface area contributed by atoms with Crippen molar-refractivity contribution in [2.24, 2.45) is 0 Å². The maximum atomic E-state index is 11.7. The quantitative estimate of drug-likeness (QED) is 0.667. The lowest BCUT2D eigenvalue weighted by atomic mass is 10.3. The highest BCUT2D eigenvalue weighted by atomic mass is 32.2. The van der Waals surface area contributed by atoms with Crippen LogP contribution >= 0.6 is 11.8 Å². The Morgan fingerprint density at radius 1 is 1.24 bits per heavy atom. The van der Waals surface area contributed by atoms with Crippen molar-refractivity contribution in [3.63, 3.8) is 0 Å². The Hall–Kier alpha value is -1.97. The molecule has 7 nitrogen and oxygen atoms in total. The van der Waals surface area contributed by atoms with Crippen molar-refractivity contribution >= 4 is 27.5 Å². The van der Waals surface area contributed by atoms with Crippen LogP contribution in [-0.4, -0.2) is 25.4 Å². The molecule has 0 bridgehead atoms. The smallest absolute Gasteiger partial charge is 0.265 e. The summed E-state index contributed by atoms with van der Waals surface area (Å²) in [6.07, 6.45) is 3.15. The van der Waals surface area contributed by atoms with Gasteiger partial charge in [-0.05, 0) is 31.3 Å². The lowest BCUT2D eigenvalue weighted by Crippen LogP contribution is -2.18. The number of benzene rings is 1. The van der Waals surface area contributed by atoms with Crippen LogP contribution in [0.2, 0.25) is 0 Å². The van der Waals surface area contributed by atoms with Crippen LogP contribution in [0, 0.1) is 10.1 Å². The van der Waals surface area contributed by atoms with Crippen LogP contribution in [0.25, 0.3) is 0 Å². The highest BCUT2D eigenvalue weighted by Gasteiger charge is 2.20. The molecule has 1 N–H and O–H groups in total. The van der Waals surface area contributed by atoms with Gasteiger partial charge >= 0.3 is 0 Å². The van der Waals surface area contributed by atoms with Crippen LogP contribution in [-0.2, 0) is 10.0 Å². The number of nitrogens with zero attached hydrogens (tertiary/aromatic N) is 2. The lowest BCUT2D eigenvalue weighted by molar-refractivity contribution is -0.388. The first-order valence-electron chi connectivity index (χ1n) is 5.74. The molecule has 1 heterocycles. The molecule has 0 amide bonds. The van der Waals surface area contributed by atoms with Gasteiger partial charge in [-0.1, -0.05) is 11.8 Å². The standard InChI is InChI=1S/C12H11N3O4S2/c1-13-21(18,19)10-2-3-12(11(8-10)15(16)17)20-9-4-6-14-7-5-9/h2-8,13H,1H3. The van der Waals surface area contributed by atoms with Crippen LogP contribution < -0.4 is 4.72 Å². The summed E-state index contributed by atoms with van der Waals surface area (Å²) in [6, 6.07) is 7.24. The third-order valence-electron chi connectivity index (χ3n) is 2.58. The van der Waals surface area contributed by atoms with E-state index in [-0.39, 0.29) is 10.6 Å². The first-order valence-corrected chi connectivity index (χ1v) is 8.04. The summed E-state index contributed by atoms with van der Waals surface area (Å²) in [7, 11) is -2.47. The van der Waals surface area contributed by atoms with Crippen molar-refractivity contribution < 1.29 is 13.3 Å². The van der Waals surface area contributed by atoms with E-state index in [1.165, 1.54) is 30.9 Å². The molecule has 0 aliphatic carbocycles. The molecule has 0 saturated heterocycles. The van der Waals surface area contributed by atoms with Gasteiger partial charge in [0.05, 0.1) is 14.7 Å². The van der Waals surface area contributed by atoms with E-state index in [9.17, 15) is 18.5 Å². The molecule has 0 radical (unpaired) electrons. The SMILES string of the molecule is CNS(=O)(=O)c1ccc(Sc2ccncc2)c([N+](=O)[O-])c1. The van der Waals surface area contributed by atoms with Crippen molar-refractivity contribution in [3.05, 3.63) is 52.8 Å². The predicted molar refractivity (Wildman–Crippen MR) is 77.7 cm³/mol. The zero-order valence-electron chi connectivity index (χ0n) is 10.9. The Bertz CT molecular complexity index is 763. The van der Waals surface area contributed by atoms with Crippen LogP contribution in [0.3, 0.4) is 0 Å². The van der Waals surface area contributed by atoms with Gasteiger partial charge in [0.15, 0.2) is 0 Å². The van der Waals surface area contributed by atoms with Gasteiger partial charge in [0.1, 0.15) is 0 Å². The number of aromatic nitrogens is 1. The lowest BCUT2D eigenvalue weighted by Gasteiger charge is -2.06. The second-order valence-corrected chi connectivity index (χ2v) is 6.88. The van der Waals surface area contributed by atoms with E-state index < -0.39 is 14.9 Å². The molecule has 2 aromatic rings. The summed E-state index contributed by atoms with van der Waals surface area (Å²) < 4.78 is 25.5. The average molecular weight is 325 g/mol. The Labute approximate surface area is 125 Å². The molecule has 0 aliphatic rings. The number of nitrogens with one attached hydrogen (secondary N) is 1. The fourth-order valence-electron chi connectivity index (χ4n) is 1.54. The van der Waals surface area contributed by atoms with Gasteiger partial charge in [0.25, 0.3) is 5.69 Å². The second-order valence-electron chi connectivity index (χ2n) is 3.88. The summed E-state index contributed by atoms with van der Waals surface area (Å²) in [5, 5.41) is 11.1. The molecule has 0 fully saturated rings. The number of pyridine rings is 1. The zero-order valence-corrected chi connectivity index (χ0v) is 12.5. The molecule has 110 valence electrons. The molecule has 21 heavy (non-hydrogen) atoms. The number of hydrogen-bond acceptors (Lipinski definition) is 6. The maximum Gasteiger partial charge on any atom is 0.284 e. The van der Waals surface area contributed by atoms with Crippen molar-refractivity contribution in [1.29, 1.82) is 0 Å². The molecule has 0 aliphatic heterocycles. The average Bonchev–Trinajstić information content (AvgIpc) is 2.48. The molecule has 0 saturated carbocycles. The van der Waals surface area contributed by atoms with Gasteiger partial charge in [0, 0.05) is 23.4 Å².